The number of para-hydroxylation sites is 1. The minimum Gasteiger partial charge on any atom is -0.489 e. The molecule has 6 nitrogen and oxygen atoms in total. The number of benzene rings is 4. The zero-order valence-corrected chi connectivity index (χ0v) is 21.9. The number of nitrogens with one attached hydrogen (secondary N) is 1. The second kappa shape index (κ2) is 13.3. The minimum absolute atomic E-state index is 0.367. The summed E-state index contributed by atoms with van der Waals surface area (Å²) < 4.78 is 18.5. The minimum atomic E-state index is -0.740. The SMILES string of the molecule is CC(Oc1ccc(OCc2ccccc2)cc1)C(=O)N/N=C\c1ccccc1OCc1cccc(Br)c1. The molecule has 0 bridgehead atoms. The number of hydrogen-bond acceptors (Lipinski definition) is 5. The molecule has 0 aliphatic rings. The van der Waals surface area contributed by atoms with E-state index in [1.807, 2.05) is 91.0 Å². The average molecular weight is 559 g/mol. The second-order valence-corrected chi connectivity index (χ2v) is 9.11. The molecule has 0 radical (unpaired) electrons. The van der Waals surface area contributed by atoms with E-state index >= 15 is 0 Å². The van der Waals surface area contributed by atoms with E-state index in [0.717, 1.165) is 26.9 Å². The molecule has 0 saturated carbocycles. The Kier molecular flexibility index (Phi) is 9.32. The summed E-state index contributed by atoms with van der Waals surface area (Å²) in [6.45, 7) is 2.56. The molecular weight excluding hydrogens is 532 g/mol. The van der Waals surface area contributed by atoms with Gasteiger partial charge in [-0.3, -0.25) is 4.79 Å². The maximum Gasteiger partial charge on any atom is 0.280 e. The molecule has 4 rings (SSSR count). The highest BCUT2D eigenvalue weighted by Gasteiger charge is 2.14. The lowest BCUT2D eigenvalue weighted by atomic mass is 10.2. The third kappa shape index (κ3) is 8.22. The molecule has 7 heteroatoms. The van der Waals surface area contributed by atoms with Crippen LogP contribution in [0.3, 0.4) is 0 Å². The smallest absolute Gasteiger partial charge is 0.280 e. The molecule has 0 saturated heterocycles. The van der Waals surface area contributed by atoms with Gasteiger partial charge in [0.25, 0.3) is 5.91 Å². The Hall–Kier alpha value is -4.10. The zero-order valence-electron chi connectivity index (χ0n) is 20.3. The van der Waals surface area contributed by atoms with Crippen molar-refractivity contribution in [2.75, 3.05) is 0 Å². The van der Waals surface area contributed by atoms with Crippen LogP contribution in [0.5, 0.6) is 17.2 Å². The molecule has 1 amide bonds. The second-order valence-electron chi connectivity index (χ2n) is 8.20. The fourth-order valence-electron chi connectivity index (χ4n) is 3.38. The van der Waals surface area contributed by atoms with Gasteiger partial charge in [-0.15, -0.1) is 0 Å². The summed E-state index contributed by atoms with van der Waals surface area (Å²) in [4.78, 5) is 12.5. The standard InChI is InChI=1S/C30H27BrN2O4/c1-22(37-28-16-14-27(15-17-28)35-20-23-8-3-2-4-9-23)30(34)33-32-19-25-11-5-6-13-29(25)36-21-24-10-7-12-26(31)18-24/h2-19,22H,20-21H2,1H3,(H,33,34)/b32-19-. The predicted molar refractivity (Wildman–Crippen MR) is 148 cm³/mol. The molecule has 0 aliphatic carbocycles. The Morgan fingerprint density at radius 1 is 0.838 bits per heavy atom. The lowest BCUT2D eigenvalue weighted by Gasteiger charge is -2.14. The highest BCUT2D eigenvalue weighted by atomic mass is 79.9. The number of amides is 1. The third-order valence-electron chi connectivity index (χ3n) is 5.33. The maximum absolute atomic E-state index is 12.5. The summed E-state index contributed by atoms with van der Waals surface area (Å²) in [5.41, 5.74) is 5.40. The van der Waals surface area contributed by atoms with Crippen molar-refractivity contribution in [3.05, 3.63) is 124 Å². The summed E-state index contributed by atoms with van der Waals surface area (Å²) in [6, 6.07) is 32.5. The van der Waals surface area contributed by atoms with E-state index < -0.39 is 6.10 Å². The quantitative estimate of drug-likeness (QED) is 0.168. The van der Waals surface area contributed by atoms with E-state index in [1.54, 1.807) is 25.3 Å². The van der Waals surface area contributed by atoms with Crippen molar-refractivity contribution in [2.24, 2.45) is 5.10 Å². The highest BCUT2D eigenvalue weighted by molar-refractivity contribution is 9.10. The molecule has 1 atom stereocenters. The molecule has 0 aromatic heterocycles. The van der Waals surface area contributed by atoms with Crippen LogP contribution >= 0.6 is 15.9 Å². The van der Waals surface area contributed by atoms with Crippen LogP contribution in [0.25, 0.3) is 0 Å². The van der Waals surface area contributed by atoms with Crippen LogP contribution in [0.15, 0.2) is 113 Å². The van der Waals surface area contributed by atoms with Gasteiger partial charge in [-0.2, -0.15) is 5.10 Å². The van der Waals surface area contributed by atoms with Crippen molar-refractivity contribution in [1.82, 2.24) is 5.43 Å². The van der Waals surface area contributed by atoms with E-state index in [2.05, 4.69) is 26.5 Å². The van der Waals surface area contributed by atoms with Crippen molar-refractivity contribution < 1.29 is 19.0 Å². The van der Waals surface area contributed by atoms with E-state index in [0.29, 0.717) is 24.7 Å². The molecule has 188 valence electrons. The summed E-state index contributed by atoms with van der Waals surface area (Å²) in [6.07, 6.45) is 0.816. The Labute approximate surface area is 225 Å². The first-order chi connectivity index (χ1) is 18.1. The molecule has 0 heterocycles. The van der Waals surface area contributed by atoms with Crippen molar-refractivity contribution in [1.29, 1.82) is 0 Å². The molecular formula is C30H27BrN2O4. The average Bonchev–Trinajstić information content (AvgIpc) is 2.92. The van der Waals surface area contributed by atoms with Gasteiger partial charge in [0.05, 0.1) is 6.21 Å². The largest absolute Gasteiger partial charge is 0.489 e. The van der Waals surface area contributed by atoms with Crippen LogP contribution in [0, 0.1) is 0 Å². The summed E-state index contributed by atoms with van der Waals surface area (Å²) in [5, 5.41) is 4.09. The van der Waals surface area contributed by atoms with Crippen molar-refractivity contribution >= 4 is 28.1 Å². The normalized spacial score (nSPS) is 11.6. The molecule has 0 aliphatic heterocycles. The Morgan fingerprint density at radius 2 is 1.51 bits per heavy atom. The van der Waals surface area contributed by atoms with Gasteiger partial charge in [-0.1, -0.05) is 70.5 Å². The Bertz CT molecular complexity index is 1330. The topological polar surface area (TPSA) is 69.2 Å². The molecule has 37 heavy (non-hydrogen) atoms. The predicted octanol–water partition coefficient (Wildman–Crippen LogP) is 6.52. The van der Waals surface area contributed by atoms with Crippen molar-refractivity contribution in [2.45, 2.75) is 26.2 Å². The molecule has 4 aromatic rings. The maximum atomic E-state index is 12.5. The fourth-order valence-corrected chi connectivity index (χ4v) is 3.82. The van der Waals surface area contributed by atoms with Crippen LogP contribution in [0.4, 0.5) is 0 Å². The highest BCUT2D eigenvalue weighted by Crippen LogP contribution is 2.21. The number of hydrazone groups is 1. The first-order valence-corrected chi connectivity index (χ1v) is 12.6. The Morgan fingerprint density at radius 3 is 2.30 bits per heavy atom. The lowest BCUT2D eigenvalue weighted by molar-refractivity contribution is -0.127. The number of halogens is 1. The number of carbonyl (C=O) groups is 1. The molecule has 4 aromatic carbocycles. The number of nitrogens with zero attached hydrogens (tertiary/aromatic N) is 1. The van der Waals surface area contributed by atoms with Crippen LogP contribution in [0.2, 0.25) is 0 Å². The van der Waals surface area contributed by atoms with Crippen LogP contribution in [-0.2, 0) is 18.0 Å². The van der Waals surface area contributed by atoms with Gasteiger partial charge in [-0.05, 0) is 66.6 Å². The van der Waals surface area contributed by atoms with E-state index in [-0.39, 0.29) is 5.91 Å². The summed E-state index contributed by atoms with van der Waals surface area (Å²) >= 11 is 3.47. The Balaban J connectivity index is 1.26. The number of carbonyl (C=O) groups excluding carboxylic acids is 1. The van der Waals surface area contributed by atoms with Crippen LogP contribution in [0.1, 0.15) is 23.6 Å². The first kappa shape index (κ1) is 26.0. The molecule has 0 fully saturated rings. The monoisotopic (exact) mass is 558 g/mol. The van der Waals surface area contributed by atoms with Gasteiger partial charge < -0.3 is 14.2 Å². The van der Waals surface area contributed by atoms with Gasteiger partial charge in [0, 0.05) is 10.0 Å². The van der Waals surface area contributed by atoms with Crippen molar-refractivity contribution in [3.63, 3.8) is 0 Å². The number of ether oxygens (including phenoxy) is 3. The van der Waals surface area contributed by atoms with Gasteiger partial charge in [0.15, 0.2) is 6.10 Å². The van der Waals surface area contributed by atoms with Gasteiger partial charge in [0.1, 0.15) is 30.5 Å². The van der Waals surface area contributed by atoms with Crippen LogP contribution in [-0.4, -0.2) is 18.2 Å². The van der Waals surface area contributed by atoms with Gasteiger partial charge >= 0.3 is 0 Å². The molecule has 0 spiro atoms. The fraction of sp³-hybridized carbons (Fsp3) is 0.133. The van der Waals surface area contributed by atoms with E-state index in [4.69, 9.17) is 14.2 Å². The molecule has 1 unspecified atom stereocenters. The first-order valence-electron chi connectivity index (χ1n) is 11.8. The van der Waals surface area contributed by atoms with Gasteiger partial charge in [-0.25, -0.2) is 5.43 Å². The number of hydrogen-bond donors (Lipinski definition) is 1. The molecule has 1 N–H and O–H groups in total. The van der Waals surface area contributed by atoms with Gasteiger partial charge in [0.2, 0.25) is 0 Å². The summed E-state index contributed by atoms with van der Waals surface area (Å²) in [5.74, 6) is 1.58. The van der Waals surface area contributed by atoms with Crippen LogP contribution < -0.4 is 19.6 Å². The zero-order chi connectivity index (χ0) is 25.9. The van der Waals surface area contributed by atoms with E-state index in [1.165, 1.54) is 0 Å². The van der Waals surface area contributed by atoms with Crippen molar-refractivity contribution in [3.8, 4) is 17.2 Å². The third-order valence-corrected chi connectivity index (χ3v) is 5.83. The summed E-state index contributed by atoms with van der Waals surface area (Å²) in [7, 11) is 0. The number of rotatable bonds is 11. The lowest BCUT2D eigenvalue weighted by Crippen LogP contribution is -2.33. The van der Waals surface area contributed by atoms with E-state index in [9.17, 15) is 4.79 Å².